The maximum atomic E-state index is 12.8. The fourth-order valence-corrected chi connectivity index (χ4v) is 5.95. The Labute approximate surface area is 225 Å². The van der Waals surface area contributed by atoms with Crippen LogP contribution in [0.2, 0.25) is 0 Å². The van der Waals surface area contributed by atoms with Crippen molar-refractivity contribution in [3.8, 4) is 11.3 Å². The highest BCUT2D eigenvalue weighted by Crippen LogP contribution is 2.22. The highest BCUT2D eigenvalue weighted by atomic mass is 32.2. The Kier molecular flexibility index (Phi) is 7.20. The molecule has 1 saturated heterocycles. The van der Waals surface area contributed by atoms with Gasteiger partial charge in [0.15, 0.2) is 0 Å². The molecule has 4 aromatic rings. The van der Waals surface area contributed by atoms with E-state index in [2.05, 4.69) is 20.3 Å². The molecular weight excluding hydrogens is 542 g/mol. The highest BCUT2D eigenvalue weighted by Gasteiger charge is 2.25. The van der Waals surface area contributed by atoms with Crippen molar-refractivity contribution in [2.45, 2.75) is 30.3 Å². The molecule has 1 aromatic carbocycles. The first-order chi connectivity index (χ1) is 18.5. The fraction of sp³-hybridized carbons (Fsp3) is 0.280. The minimum absolute atomic E-state index is 0.00164. The lowest BCUT2D eigenvalue weighted by atomic mass is 10.1. The van der Waals surface area contributed by atoms with Gasteiger partial charge in [0.25, 0.3) is 5.56 Å². The summed E-state index contributed by atoms with van der Waals surface area (Å²) in [4.78, 5) is 26.3. The number of nitrogens with zero attached hydrogens (tertiary/aromatic N) is 5. The summed E-state index contributed by atoms with van der Waals surface area (Å²) in [7, 11) is -7.05. The number of sulfonamides is 2. The van der Waals surface area contributed by atoms with Gasteiger partial charge in [0.2, 0.25) is 26.0 Å². The van der Waals surface area contributed by atoms with Gasteiger partial charge in [0.05, 0.1) is 23.4 Å². The Morgan fingerprint density at radius 1 is 1.00 bits per heavy atom. The first kappa shape index (κ1) is 26.9. The van der Waals surface area contributed by atoms with Gasteiger partial charge in [-0.05, 0) is 42.7 Å². The SMILES string of the molecule is CS(=O)(=O)N1CCC(Nc2ncc3ccc(=O)n(Cc4ccc(-c5cccc(S(N)(=O)=O)c5)nc4)c3n2)CC1. The Hall–Kier alpha value is -3.72. The number of hydrogen-bond acceptors (Lipinski definition) is 9. The zero-order valence-corrected chi connectivity index (χ0v) is 22.7. The molecular formula is C25H27N7O5S2. The molecule has 12 nitrogen and oxygen atoms in total. The molecule has 204 valence electrons. The minimum Gasteiger partial charge on any atom is -0.351 e. The van der Waals surface area contributed by atoms with Crippen molar-refractivity contribution in [2.24, 2.45) is 5.14 Å². The molecule has 0 amide bonds. The Bertz CT molecular complexity index is 1800. The molecule has 0 radical (unpaired) electrons. The summed E-state index contributed by atoms with van der Waals surface area (Å²) in [6.07, 6.45) is 5.72. The van der Waals surface area contributed by atoms with E-state index < -0.39 is 20.0 Å². The molecule has 0 saturated carbocycles. The summed E-state index contributed by atoms with van der Waals surface area (Å²) in [6, 6.07) is 12.9. The number of benzene rings is 1. The Morgan fingerprint density at radius 2 is 1.77 bits per heavy atom. The molecule has 0 bridgehead atoms. The monoisotopic (exact) mass is 569 g/mol. The number of anilines is 1. The molecule has 0 unspecified atom stereocenters. The third-order valence-corrected chi connectivity index (χ3v) is 8.82. The summed E-state index contributed by atoms with van der Waals surface area (Å²) >= 11 is 0. The zero-order chi connectivity index (χ0) is 27.8. The van der Waals surface area contributed by atoms with Gasteiger partial charge in [-0.25, -0.2) is 31.3 Å². The summed E-state index contributed by atoms with van der Waals surface area (Å²) in [5.41, 5.74) is 2.13. The maximum absolute atomic E-state index is 12.8. The molecule has 14 heteroatoms. The summed E-state index contributed by atoms with van der Waals surface area (Å²) in [6.45, 7) is 1.05. The van der Waals surface area contributed by atoms with Crippen LogP contribution in [0, 0.1) is 0 Å². The van der Waals surface area contributed by atoms with Crippen molar-refractivity contribution < 1.29 is 16.8 Å². The van der Waals surface area contributed by atoms with E-state index in [0.29, 0.717) is 54.2 Å². The van der Waals surface area contributed by atoms with E-state index in [0.717, 1.165) is 5.56 Å². The number of pyridine rings is 2. The van der Waals surface area contributed by atoms with Crippen LogP contribution >= 0.6 is 0 Å². The van der Waals surface area contributed by atoms with E-state index in [-0.39, 0.29) is 23.0 Å². The topological polar surface area (TPSA) is 170 Å². The predicted octanol–water partition coefficient (Wildman–Crippen LogP) is 1.39. The summed E-state index contributed by atoms with van der Waals surface area (Å²) in [5.74, 6) is 0.364. The van der Waals surface area contributed by atoms with Crippen LogP contribution in [0.4, 0.5) is 5.95 Å². The lowest BCUT2D eigenvalue weighted by Gasteiger charge is -2.30. The number of aromatic nitrogens is 4. The van der Waals surface area contributed by atoms with Gasteiger partial charge < -0.3 is 5.32 Å². The van der Waals surface area contributed by atoms with Gasteiger partial charge in [-0.15, -0.1) is 0 Å². The zero-order valence-electron chi connectivity index (χ0n) is 21.1. The number of primary sulfonamides is 1. The third-order valence-electron chi connectivity index (χ3n) is 6.60. The molecule has 1 fully saturated rings. The second-order valence-electron chi connectivity index (χ2n) is 9.44. The molecule has 1 aliphatic rings. The molecule has 0 atom stereocenters. The number of hydrogen-bond donors (Lipinski definition) is 2. The predicted molar refractivity (Wildman–Crippen MR) is 147 cm³/mol. The van der Waals surface area contributed by atoms with Gasteiger partial charge in [0, 0.05) is 48.5 Å². The Morgan fingerprint density at radius 3 is 2.44 bits per heavy atom. The molecule has 4 heterocycles. The third kappa shape index (κ3) is 6.14. The van der Waals surface area contributed by atoms with Crippen LogP contribution in [-0.2, 0) is 26.6 Å². The van der Waals surface area contributed by atoms with Crippen molar-refractivity contribution in [2.75, 3.05) is 24.7 Å². The largest absolute Gasteiger partial charge is 0.351 e. The van der Waals surface area contributed by atoms with E-state index in [4.69, 9.17) is 5.14 Å². The smallest absolute Gasteiger partial charge is 0.252 e. The summed E-state index contributed by atoms with van der Waals surface area (Å²) < 4.78 is 49.9. The van der Waals surface area contributed by atoms with Crippen LogP contribution in [0.3, 0.4) is 0 Å². The van der Waals surface area contributed by atoms with Crippen LogP contribution in [0.25, 0.3) is 22.3 Å². The van der Waals surface area contributed by atoms with Crippen LogP contribution in [0.1, 0.15) is 18.4 Å². The van der Waals surface area contributed by atoms with Gasteiger partial charge in [-0.2, -0.15) is 4.98 Å². The quantitative estimate of drug-likeness (QED) is 0.334. The number of fused-ring (bicyclic) bond motifs is 1. The van der Waals surface area contributed by atoms with Gasteiger partial charge in [0.1, 0.15) is 5.65 Å². The normalized spacial score (nSPS) is 15.4. The van der Waals surface area contributed by atoms with Crippen molar-refractivity contribution in [3.63, 3.8) is 0 Å². The molecule has 1 aliphatic heterocycles. The van der Waals surface area contributed by atoms with E-state index in [9.17, 15) is 21.6 Å². The van der Waals surface area contributed by atoms with Crippen LogP contribution in [0.15, 0.2) is 70.6 Å². The average molecular weight is 570 g/mol. The molecule has 3 aromatic heterocycles. The second kappa shape index (κ2) is 10.4. The lowest BCUT2D eigenvalue weighted by Crippen LogP contribution is -2.42. The van der Waals surface area contributed by atoms with Crippen molar-refractivity contribution >= 4 is 37.0 Å². The van der Waals surface area contributed by atoms with Crippen LogP contribution < -0.4 is 16.0 Å². The standard InChI is InChI=1S/C25H27N7O5S2/c1-38(34,35)31-11-9-20(10-12-31)29-25-28-15-19-6-8-23(33)32(24(19)30-25)16-17-5-7-22(27-14-17)18-3-2-4-21(13-18)39(26,36)37/h2-8,13-15,20H,9-12,16H2,1H3,(H2,26,36,37)(H,28,29,30). The molecule has 0 aliphatic carbocycles. The van der Waals surface area contributed by atoms with Gasteiger partial charge in [-0.1, -0.05) is 18.2 Å². The number of rotatable bonds is 7. The first-order valence-corrected chi connectivity index (χ1v) is 15.5. The lowest BCUT2D eigenvalue weighted by molar-refractivity contribution is 0.331. The van der Waals surface area contributed by atoms with E-state index in [1.54, 1.807) is 36.7 Å². The Balaban J connectivity index is 1.37. The van der Waals surface area contributed by atoms with Crippen LogP contribution in [0.5, 0.6) is 0 Å². The number of piperidine rings is 1. The maximum Gasteiger partial charge on any atom is 0.252 e. The molecule has 0 spiro atoms. The second-order valence-corrected chi connectivity index (χ2v) is 13.0. The van der Waals surface area contributed by atoms with Crippen molar-refractivity contribution in [1.82, 2.24) is 23.8 Å². The highest BCUT2D eigenvalue weighted by molar-refractivity contribution is 7.89. The van der Waals surface area contributed by atoms with Gasteiger partial charge >= 0.3 is 0 Å². The van der Waals surface area contributed by atoms with Crippen molar-refractivity contribution in [3.05, 3.63) is 76.8 Å². The minimum atomic E-state index is -3.84. The van der Waals surface area contributed by atoms with Crippen LogP contribution in [-0.4, -0.2) is 66.0 Å². The number of nitrogens with one attached hydrogen (secondary N) is 1. The molecule has 5 rings (SSSR count). The fourth-order valence-electron chi connectivity index (χ4n) is 4.51. The molecule has 39 heavy (non-hydrogen) atoms. The number of nitrogens with two attached hydrogens (primary N) is 1. The van der Waals surface area contributed by atoms with Crippen molar-refractivity contribution in [1.29, 1.82) is 0 Å². The average Bonchev–Trinajstić information content (AvgIpc) is 2.90. The first-order valence-electron chi connectivity index (χ1n) is 12.1. The molecule has 3 N–H and O–H groups in total. The van der Waals surface area contributed by atoms with E-state index in [1.807, 2.05) is 6.07 Å². The van der Waals surface area contributed by atoms with Gasteiger partial charge in [-0.3, -0.25) is 14.3 Å². The van der Waals surface area contributed by atoms with E-state index >= 15 is 0 Å². The van der Waals surface area contributed by atoms with E-state index in [1.165, 1.54) is 33.3 Å². The summed E-state index contributed by atoms with van der Waals surface area (Å²) in [5, 5.41) is 9.20.